The Morgan fingerprint density at radius 2 is 1.88 bits per heavy atom. The highest BCUT2D eigenvalue weighted by Gasteiger charge is 2.37. The van der Waals surface area contributed by atoms with Gasteiger partial charge in [-0.15, -0.1) is 6.58 Å². The van der Waals surface area contributed by atoms with Crippen LogP contribution in [-0.4, -0.2) is 38.4 Å². The lowest BCUT2D eigenvalue weighted by molar-refractivity contribution is -0.122. The predicted molar refractivity (Wildman–Crippen MR) is 124 cm³/mol. The van der Waals surface area contributed by atoms with Crippen LogP contribution >= 0.6 is 0 Å². The van der Waals surface area contributed by atoms with Crippen LogP contribution < -0.4 is 29.2 Å². The second-order valence-electron chi connectivity index (χ2n) is 7.30. The van der Waals surface area contributed by atoms with Crippen LogP contribution in [0.1, 0.15) is 11.1 Å². The molecule has 4 amide bonds. The molecule has 0 saturated carbocycles. The molecule has 0 atom stereocenters. The van der Waals surface area contributed by atoms with E-state index in [1.165, 1.54) is 25.3 Å². The van der Waals surface area contributed by atoms with Crippen molar-refractivity contribution in [3.05, 3.63) is 72.3 Å². The Balaban J connectivity index is 1.74. The summed E-state index contributed by atoms with van der Waals surface area (Å²) in [5.74, 6) is 0.254. The topological polar surface area (TPSA) is 103 Å². The minimum Gasteiger partial charge on any atom is -0.493 e. The zero-order valence-corrected chi connectivity index (χ0v) is 18.5. The quantitative estimate of drug-likeness (QED) is 0.364. The standard InChI is InChI=1S/C25H22N2O7/c1-4-6-16-10-15(12-21(31-3)22(16)32-9-5-2)11-18-23(28)26-25(30)27(24(18)29)17-7-8-19-20(13-17)34-14-33-19/h4-5,7-8,10-13H,1-2,6,9,14H2,3H3,(H,26,28,30)/b18-11+. The van der Waals surface area contributed by atoms with Crippen LogP contribution in [0.3, 0.4) is 0 Å². The van der Waals surface area contributed by atoms with Gasteiger partial charge in [-0.05, 0) is 42.3 Å². The highest BCUT2D eigenvalue weighted by molar-refractivity contribution is 6.39. The van der Waals surface area contributed by atoms with E-state index in [-0.39, 0.29) is 24.7 Å². The van der Waals surface area contributed by atoms with E-state index in [1.54, 1.807) is 30.4 Å². The van der Waals surface area contributed by atoms with Crippen LogP contribution in [0.4, 0.5) is 10.5 Å². The third-order valence-electron chi connectivity index (χ3n) is 5.11. The van der Waals surface area contributed by atoms with Gasteiger partial charge in [-0.1, -0.05) is 18.7 Å². The maximum atomic E-state index is 13.2. The maximum absolute atomic E-state index is 13.2. The Morgan fingerprint density at radius 1 is 1.09 bits per heavy atom. The zero-order valence-electron chi connectivity index (χ0n) is 18.5. The number of imide groups is 2. The lowest BCUT2D eigenvalue weighted by Gasteiger charge is -2.26. The molecule has 0 spiro atoms. The van der Waals surface area contributed by atoms with Crippen molar-refractivity contribution in [1.82, 2.24) is 5.32 Å². The first-order valence-electron chi connectivity index (χ1n) is 10.3. The summed E-state index contributed by atoms with van der Waals surface area (Å²) in [5, 5.41) is 2.21. The highest BCUT2D eigenvalue weighted by Crippen LogP contribution is 2.37. The van der Waals surface area contributed by atoms with Gasteiger partial charge >= 0.3 is 6.03 Å². The van der Waals surface area contributed by atoms with Crippen LogP contribution in [0.25, 0.3) is 6.08 Å². The fourth-order valence-electron chi connectivity index (χ4n) is 3.61. The molecule has 1 saturated heterocycles. The number of methoxy groups -OCH3 is 1. The smallest absolute Gasteiger partial charge is 0.335 e. The van der Waals surface area contributed by atoms with Crippen molar-refractivity contribution >= 4 is 29.6 Å². The molecule has 0 radical (unpaired) electrons. The second kappa shape index (κ2) is 9.53. The number of fused-ring (bicyclic) bond motifs is 1. The second-order valence-corrected chi connectivity index (χ2v) is 7.30. The van der Waals surface area contributed by atoms with E-state index >= 15 is 0 Å². The molecule has 0 aromatic heterocycles. The molecule has 0 unspecified atom stereocenters. The van der Waals surface area contributed by atoms with Crippen molar-refractivity contribution in [2.24, 2.45) is 0 Å². The van der Waals surface area contributed by atoms with Crippen LogP contribution in [-0.2, 0) is 16.0 Å². The Bertz CT molecular complexity index is 1230. The zero-order chi connectivity index (χ0) is 24.2. The lowest BCUT2D eigenvalue weighted by Crippen LogP contribution is -2.54. The Labute approximate surface area is 195 Å². The van der Waals surface area contributed by atoms with Gasteiger partial charge in [-0.25, -0.2) is 9.69 Å². The van der Waals surface area contributed by atoms with Crippen molar-refractivity contribution < 1.29 is 33.3 Å². The van der Waals surface area contributed by atoms with Crippen molar-refractivity contribution in [3.63, 3.8) is 0 Å². The average molecular weight is 462 g/mol. The van der Waals surface area contributed by atoms with Crippen LogP contribution in [0.2, 0.25) is 0 Å². The van der Waals surface area contributed by atoms with Gasteiger partial charge in [0, 0.05) is 11.6 Å². The van der Waals surface area contributed by atoms with E-state index < -0.39 is 17.8 Å². The number of hydrogen-bond acceptors (Lipinski definition) is 7. The molecule has 0 aliphatic carbocycles. The number of carbonyl (C=O) groups excluding carboxylic acids is 3. The Morgan fingerprint density at radius 3 is 2.62 bits per heavy atom. The maximum Gasteiger partial charge on any atom is 0.335 e. The molecule has 2 heterocycles. The molecular formula is C25H22N2O7. The highest BCUT2D eigenvalue weighted by atomic mass is 16.7. The first-order chi connectivity index (χ1) is 16.5. The summed E-state index contributed by atoms with van der Waals surface area (Å²) in [6.45, 7) is 7.73. The van der Waals surface area contributed by atoms with Gasteiger partial charge in [-0.2, -0.15) is 0 Å². The van der Waals surface area contributed by atoms with Gasteiger partial charge in [0.15, 0.2) is 23.0 Å². The first kappa shape index (κ1) is 22.7. The van der Waals surface area contributed by atoms with Gasteiger partial charge in [-0.3, -0.25) is 14.9 Å². The number of hydrogen-bond donors (Lipinski definition) is 1. The third-order valence-corrected chi connectivity index (χ3v) is 5.11. The minimum atomic E-state index is -0.857. The number of allylic oxidation sites excluding steroid dienone is 1. The Kier molecular flexibility index (Phi) is 6.35. The molecule has 34 heavy (non-hydrogen) atoms. The van der Waals surface area contributed by atoms with Crippen molar-refractivity contribution in [2.45, 2.75) is 6.42 Å². The number of barbiturate groups is 1. The molecule has 9 heteroatoms. The first-order valence-corrected chi connectivity index (χ1v) is 10.3. The number of benzene rings is 2. The number of urea groups is 1. The fraction of sp³-hybridized carbons (Fsp3) is 0.160. The van der Waals surface area contributed by atoms with Gasteiger partial charge in [0.25, 0.3) is 11.8 Å². The normalized spacial score (nSPS) is 15.9. The van der Waals surface area contributed by atoms with Crippen molar-refractivity contribution in [2.75, 3.05) is 25.4 Å². The number of rotatable bonds is 8. The molecule has 1 N–H and O–H groups in total. The van der Waals surface area contributed by atoms with E-state index in [9.17, 15) is 14.4 Å². The summed E-state index contributed by atoms with van der Waals surface area (Å²) in [6, 6.07) is 7.17. The average Bonchev–Trinajstić information content (AvgIpc) is 3.29. The summed E-state index contributed by atoms with van der Waals surface area (Å²) >= 11 is 0. The number of anilines is 1. The summed E-state index contributed by atoms with van der Waals surface area (Å²) in [6.07, 6.45) is 5.17. The van der Waals surface area contributed by atoms with E-state index in [1.807, 2.05) is 0 Å². The van der Waals surface area contributed by atoms with E-state index in [2.05, 4.69) is 18.5 Å². The minimum absolute atomic E-state index is 0.0456. The van der Waals surface area contributed by atoms with Crippen LogP contribution in [0.15, 0.2) is 61.2 Å². The molecule has 4 rings (SSSR count). The van der Waals surface area contributed by atoms with Gasteiger partial charge in [0.1, 0.15) is 12.2 Å². The molecule has 2 aromatic carbocycles. The van der Waals surface area contributed by atoms with Crippen LogP contribution in [0.5, 0.6) is 23.0 Å². The molecule has 9 nitrogen and oxygen atoms in total. The molecule has 1 fully saturated rings. The number of carbonyl (C=O) groups is 3. The Hall–Kier alpha value is -4.53. The monoisotopic (exact) mass is 462 g/mol. The molecule has 2 aromatic rings. The van der Waals surface area contributed by atoms with E-state index in [0.29, 0.717) is 35.0 Å². The predicted octanol–water partition coefficient (Wildman–Crippen LogP) is 3.38. The summed E-state index contributed by atoms with van der Waals surface area (Å²) < 4.78 is 21.8. The number of nitrogens with zero attached hydrogens (tertiary/aromatic N) is 1. The fourth-order valence-corrected chi connectivity index (χ4v) is 3.61. The number of ether oxygens (including phenoxy) is 4. The molecule has 174 valence electrons. The van der Waals surface area contributed by atoms with E-state index in [4.69, 9.17) is 18.9 Å². The van der Waals surface area contributed by atoms with Crippen molar-refractivity contribution in [1.29, 1.82) is 0 Å². The molecular weight excluding hydrogens is 440 g/mol. The van der Waals surface area contributed by atoms with Gasteiger partial charge < -0.3 is 18.9 Å². The SMILES string of the molecule is C=CCOc1c(CC=C)cc(/C=C2\C(=O)NC(=O)N(c3ccc4c(c3)OCO4)C2=O)cc1OC. The van der Waals surface area contributed by atoms with Crippen LogP contribution in [0, 0.1) is 0 Å². The number of amides is 4. The molecule has 0 bridgehead atoms. The largest absolute Gasteiger partial charge is 0.493 e. The van der Waals surface area contributed by atoms with Crippen molar-refractivity contribution in [3.8, 4) is 23.0 Å². The summed E-state index contributed by atoms with van der Waals surface area (Å²) in [7, 11) is 1.49. The molecule has 2 aliphatic rings. The molecule has 2 aliphatic heterocycles. The van der Waals surface area contributed by atoms with Gasteiger partial charge in [0.05, 0.1) is 12.8 Å². The number of nitrogens with one attached hydrogen (secondary N) is 1. The van der Waals surface area contributed by atoms with Gasteiger partial charge in [0.2, 0.25) is 6.79 Å². The summed E-state index contributed by atoms with van der Waals surface area (Å²) in [5.41, 5.74) is 1.28. The van der Waals surface area contributed by atoms with E-state index in [0.717, 1.165) is 10.5 Å². The summed E-state index contributed by atoms with van der Waals surface area (Å²) in [4.78, 5) is 39.2. The lowest BCUT2D eigenvalue weighted by atomic mass is 10.0. The third kappa shape index (κ3) is 4.23.